The first-order chi connectivity index (χ1) is 9.76. The van der Waals surface area contributed by atoms with Crippen LogP contribution in [0.2, 0.25) is 0 Å². The molecule has 2 unspecified atom stereocenters. The maximum atomic E-state index is 12.0. The molecule has 2 N–H and O–H groups in total. The highest BCUT2D eigenvalue weighted by Gasteiger charge is 2.23. The number of pyridine rings is 1. The molecule has 106 valence electrons. The summed E-state index contributed by atoms with van der Waals surface area (Å²) in [4.78, 5) is 15.0. The Morgan fingerprint density at radius 2 is 2.20 bits per heavy atom. The predicted molar refractivity (Wildman–Crippen MR) is 79.8 cm³/mol. The summed E-state index contributed by atoms with van der Waals surface area (Å²) in [6.45, 7) is 0.612. The van der Waals surface area contributed by atoms with E-state index in [1.165, 1.54) is 0 Å². The number of hydrogen-bond donors (Lipinski definition) is 2. The van der Waals surface area contributed by atoms with E-state index in [1.807, 2.05) is 30.3 Å². The van der Waals surface area contributed by atoms with E-state index in [-0.39, 0.29) is 5.56 Å². The van der Waals surface area contributed by atoms with E-state index in [9.17, 15) is 4.79 Å². The molecule has 1 heterocycles. The third-order valence-electron chi connectivity index (χ3n) is 4.13. The number of ether oxygens (including phenoxy) is 1. The van der Waals surface area contributed by atoms with Gasteiger partial charge in [-0.15, -0.1) is 0 Å². The first-order valence-electron chi connectivity index (χ1n) is 7.13. The molecular weight excluding hydrogens is 252 g/mol. The van der Waals surface area contributed by atoms with Crippen LogP contribution in [0, 0.1) is 0 Å². The third-order valence-corrected chi connectivity index (χ3v) is 4.13. The molecule has 2 aromatic rings. The van der Waals surface area contributed by atoms with Gasteiger partial charge in [0.1, 0.15) is 0 Å². The van der Waals surface area contributed by atoms with Crippen molar-refractivity contribution < 1.29 is 4.74 Å². The van der Waals surface area contributed by atoms with Crippen molar-refractivity contribution in [2.24, 2.45) is 0 Å². The largest absolute Gasteiger partial charge is 0.381 e. The van der Waals surface area contributed by atoms with Gasteiger partial charge in [0.2, 0.25) is 0 Å². The van der Waals surface area contributed by atoms with E-state index < -0.39 is 0 Å². The van der Waals surface area contributed by atoms with E-state index in [1.54, 1.807) is 7.11 Å². The number of aromatic amines is 1. The molecule has 1 aliphatic rings. The van der Waals surface area contributed by atoms with Gasteiger partial charge in [-0.25, -0.2) is 0 Å². The third kappa shape index (κ3) is 2.76. The lowest BCUT2D eigenvalue weighted by Gasteiger charge is -2.12. The fraction of sp³-hybridized carbons (Fsp3) is 0.438. The minimum absolute atomic E-state index is 0.00233. The first-order valence-corrected chi connectivity index (χ1v) is 7.13. The van der Waals surface area contributed by atoms with Gasteiger partial charge < -0.3 is 15.0 Å². The van der Waals surface area contributed by atoms with E-state index in [0.717, 1.165) is 35.7 Å². The zero-order valence-corrected chi connectivity index (χ0v) is 11.7. The van der Waals surface area contributed by atoms with Crippen molar-refractivity contribution in [3.63, 3.8) is 0 Å². The van der Waals surface area contributed by atoms with Crippen molar-refractivity contribution in [2.45, 2.75) is 38.0 Å². The van der Waals surface area contributed by atoms with Gasteiger partial charge in [-0.05, 0) is 36.8 Å². The molecule has 4 nitrogen and oxygen atoms in total. The van der Waals surface area contributed by atoms with Crippen molar-refractivity contribution in [1.82, 2.24) is 10.3 Å². The maximum Gasteiger partial charge on any atom is 0.252 e. The number of benzene rings is 1. The molecule has 0 spiro atoms. The summed E-state index contributed by atoms with van der Waals surface area (Å²) in [7, 11) is 1.76. The zero-order valence-electron chi connectivity index (χ0n) is 11.7. The number of methoxy groups -OCH3 is 1. The molecule has 0 bridgehead atoms. The average Bonchev–Trinajstić information content (AvgIpc) is 2.93. The Balaban J connectivity index is 1.71. The molecule has 1 fully saturated rings. The van der Waals surface area contributed by atoms with Crippen LogP contribution in [0.25, 0.3) is 10.9 Å². The van der Waals surface area contributed by atoms with Crippen LogP contribution in [0.4, 0.5) is 0 Å². The summed E-state index contributed by atoms with van der Waals surface area (Å²) >= 11 is 0. The van der Waals surface area contributed by atoms with Crippen LogP contribution in [0.1, 0.15) is 24.8 Å². The van der Waals surface area contributed by atoms with Gasteiger partial charge in [0.25, 0.3) is 5.56 Å². The Labute approximate surface area is 118 Å². The van der Waals surface area contributed by atoms with Gasteiger partial charge in [0, 0.05) is 30.8 Å². The van der Waals surface area contributed by atoms with Gasteiger partial charge in [0.05, 0.1) is 6.10 Å². The molecule has 4 heteroatoms. The summed E-state index contributed by atoms with van der Waals surface area (Å²) < 4.78 is 5.37. The molecular formula is C16H20N2O2. The minimum Gasteiger partial charge on any atom is -0.381 e. The molecule has 0 amide bonds. The van der Waals surface area contributed by atoms with Crippen LogP contribution < -0.4 is 10.9 Å². The van der Waals surface area contributed by atoms with Gasteiger partial charge in [0.15, 0.2) is 0 Å². The lowest BCUT2D eigenvalue weighted by Crippen LogP contribution is -2.29. The highest BCUT2D eigenvalue weighted by atomic mass is 16.5. The monoisotopic (exact) mass is 272 g/mol. The summed E-state index contributed by atoms with van der Waals surface area (Å²) in [6, 6.07) is 10.3. The SMILES string of the molecule is COC1CCC(NCc2cc3ccccc3[nH]c2=O)C1. The number of rotatable bonds is 4. The van der Waals surface area contributed by atoms with Crippen LogP contribution in [0.5, 0.6) is 0 Å². The predicted octanol–water partition coefficient (Wildman–Crippen LogP) is 2.19. The molecule has 1 aromatic heterocycles. The molecule has 3 rings (SSSR count). The highest BCUT2D eigenvalue weighted by molar-refractivity contribution is 5.78. The number of hydrogen-bond acceptors (Lipinski definition) is 3. The van der Waals surface area contributed by atoms with Crippen LogP contribution >= 0.6 is 0 Å². The van der Waals surface area contributed by atoms with Crippen LogP contribution in [-0.2, 0) is 11.3 Å². The summed E-state index contributed by atoms with van der Waals surface area (Å²) in [6.07, 6.45) is 3.61. The number of para-hydroxylation sites is 1. The minimum atomic E-state index is -0.00233. The summed E-state index contributed by atoms with van der Waals surface area (Å²) in [5, 5.41) is 4.54. The second-order valence-corrected chi connectivity index (χ2v) is 5.46. The molecule has 1 aliphatic carbocycles. The molecule has 1 saturated carbocycles. The fourth-order valence-electron chi connectivity index (χ4n) is 2.92. The number of aromatic nitrogens is 1. The van der Waals surface area contributed by atoms with Crippen molar-refractivity contribution in [3.05, 3.63) is 46.2 Å². The fourth-order valence-corrected chi connectivity index (χ4v) is 2.92. The quantitative estimate of drug-likeness (QED) is 0.897. The smallest absolute Gasteiger partial charge is 0.252 e. The van der Waals surface area contributed by atoms with Crippen molar-refractivity contribution in [2.75, 3.05) is 7.11 Å². The number of fused-ring (bicyclic) bond motifs is 1. The Kier molecular flexibility index (Phi) is 3.85. The second kappa shape index (κ2) is 5.77. The molecule has 0 saturated heterocycles. The first kappa shape index (κ1) is 13.3. The Morgan fingerprint density at radius 1 is 1.35 bits per heavy atom. The standard InChI is InChI=1S/C16H20N2O2/c1-20-14-7-6-13(9-14)17-10-12-8-11-4-2-3-5-15(11)18-16(12)19/h2-5,8,13-14,17H,6-7,9-10H2,1H3,(H,18,19). The molecule has 0 radical (unpaired) electrons. The van der Waals surface area contributed by atoms with Crippen LogP contribution in [-0.4, -0.2) is 24.2 Å². The van der Waals surface area contributed by atoms with E-state index in [4.69, 9.17) is 4.74 Å². The Bertz CT molecular complexity index is 650. The molecule has 1 aromatic carbocycles. The van der Waals surface area contributed by atoms with Crippen molar-refractivity contribution in [1.29, 1.82) is 0 Å². The van der Waals surface area contributed by atoms with E-state index in [0.29, 0.717) is 18.7 Å². The lowest BCUT2D eigenvalue weighted by atomic mass is 10.1. The number of H-pyrrole nitrogens is 1. The van der Waals surface area contributed by atoms with Crippen LogP contribution in [0.15, 0.2) is 35.1 Å². The van der Waals surface area contributed by atoms with Crippen molar-refractivity contribution >= 4 is 10.9 Å². The normalized spacial score (nSPS) is 22.4. The topological polar surface area (TPSA) is 54.1 Å². The summed E-state index contributed by atoms with van der Waals surface area (Å²) in [5.41, 5.74) is 1.68. The van der Waals surface area contributed by atoms with Crippen molar-refractivity contribution in [3.8, 4) is 0 Å². The average molecular weight is 272 g/mol. The van der Waals surface area contributed by atoms with Gasteiger partial charge in [-0.1, -0.05) is 18.2 Å². The zero-order chi connectivity index (χ0) is 13.9. The lowest BCUT2D eigenvalue weighted by molar-refractivity contribution is 0.107. The van der Waals surface area contributed by atoms with Gasteiger partial charge >= 0.3 is 0 Å². The summed E-state index contributed by atoms with van der Waals surface area (Å²) in [5.74, 6) is 0. The van der Waals surface area contributed by atoms with Gasteiger partial charge in [-0.3, -0.25) is 4.79 Å². The van der Waals surface area contributed by atoms with Crippen LogP contribution in [0.3, 0.4) is 0 Å². The molecule has 20 heavy (non-hydrogen) atoms. The van der Waals surface area contributed by atoms with Gasteiger partial charge in [-0.2, -0.15) is 0 Å². The Morgan fingerprint density at radius 3 is 3.00 bits per heavy atom. The number of nitrogens with one attached hydrogen (secondary N) is 2. The molecule has 0 aliphatic heterocycles. The van der Waals surface area contributed by atoms with E-state index in [2.05, 4.69) is 10.3 Å². The van der Waals surface area contributed by atoms with E-state index >= 15 is 0 Å². The Hall–Kier alpha value is -1.65. The highest BCUT2D eigenvalue weighted by Crippen LogP contribution is 2.21. The molecule has 2 atom stereocenters. The maximum absolute atomic E-state index is 12.0. The second-order valence-electron chi connectivity index (χ2n) is 5.46.